The smallest absolute Gasteiger partial charge is 0.225 e. The zero-order valence-electron chi connectivity index (χ0n) is 13.2. The van der Waals surface area contributed by atoms with Crippen molar-refractivity contribution < 1.29 is 4.79 Å². The first-order valence-corrected chi connectivity index (χ1v) is 7.93. The van der Waals surface area contributed by atoms with Crippen LogP contribution >= 0.6 is 0 Å². The summed E-state index contributed by atoms with van der Waals surface area (Å²) in [5.41, 5.74) is 8.31. The van der Waals surface area contributed by atoms with E-state index < -0.39 is 0 Å². The largest absolute Gasteiger partial charge is 0.399 e. The Kier molecular flexibility index (Phi) is 5.62. The molecule has 1 saturated heterocycles. The number of nitrogen functional groups attached to an aromatic ring is 1. The Morgan fingerprint density at radius 3 is 3.00 bits per heavy atom. The van der Waals surface area contributed by atoms with Gasteiger partial charge in [-0.3, -0.25) is 4.79 Å². The van der Waals surface area contributed by atoms with Crippen molar-refractivity contribution in [1.29, 1.82) is 0 Å². The Morgan fingerprint density at radius 1 is 1.38 bits per heavy atom. The maximum absolute atomic E-state index is 12.1. The third-order valence-electron chi connectivity index (χ3n) is 4.30. The standard InChI is InChI=1S/C17H27N3O/c1-13-4-3-9-20(10-7-13)11-8-17(21)19-16-12-15(18)6-5-14(16)2/h5-6,12-13H,3-4,7-11,18H2,1-2H3,(H,19,21). The molecule has 1 aromatic rings. The third kappa shape index (κ3) is 5.05. The number of amides is 1. The van der Waals surface area contributed by atoms with Crippen LogP contribution in [0.1, 0.15) is 38.2 Å². The van der Waals surface area contributed by atoms with Crippen molar-refractivity contribution in [2.75, 3.05) is 30.7 Å². The van der Waals surface area contributed by atoms with Crippen LogP contribution in [0.25, 0.3) is 0 Å². The van der Waals surface area contributed by atoms with E-state index in [2.05, 4.69) is 17.1 Å². The number of nitrogens with one attached hydrogen (secondary N) is 1. The molecule has 116 valence electrons. The van der Waals surface area contributed by atoms with Crippen LogP contribution in [0.4, 0.5) is 11.4 Å². The van der Waals surface area contributed by atoms with Gasteiger partial charge in [-0.25, -0.2) is 0 Å². The van der Waals surface area contributed by atoms with Gasteiger partial charge in [0.25, 0.3) is 0 Å². The van der Waals surface area contributed by atoms with E-state index in [1.54, 1.807) is 0 Å². The van der Waals surface area contributed by atoms with Crippen molar-refractivity contribution in [3.05, 3.63) is 23.8 Å². The van der Waals surface area contributed by atoms with Gasteiger partial charge >= 0.3 is 0 Å². The first-order chi connectivity index (χ1) is 10.0. The van der Waals surface area contributed by atoms with Crippen molar-refractivity contribution in [2.24, 2.45) is 5.92 Å². The Hall–Kier alpha value is -1.55. The highest BCUT2D eigenvalue weighted by Gasteiger charge is 2.14. The highest BCUT2D eigenvalue weighted by Crippen LogP contribution is 2.19. The summed E-state index contributed by atoms with van der Waals surface area (Å²) in [5, 5.41) is 2.97. The van der Waals surface area contributed by atoms with Crippen molar-refractivity contribution in [1.82, 2.24) is 4.90 Å². The van der Waals surface area contributed by atoms with Crippen LogP contribution < -0.4 is 11.1 Å². The molecule has 0 bridgehead atoms. The van der Waals surface area contributed by atoms with Gasteiger partial charge in [0, 0.05) is 24.3 Å². The maximum atomic E-state index is 12.1. The molecular formula is C17H27N3O. The van der Waals surface area contributed by atoms with Gasteiger partial charge in [0.05, 0.1) is 0 Å². The number of carbonyl (C=O) groups is 1. The summed E-state index contributed by atoms with van der Waals surface area (Å²) in [7, 11) is 0. The minimum Gasteiger partial charge on any atom is -0.399 e. The summed E-state index contributed by atoms with van der Waals surface area (Å²) in [6, 6.07) is 5.60. The second kappa shape index (κ2) is 7.46. The van der Waals surface area contributed by atoms with Gasteiger partial charge in [0.15, 0.2) is 0 Å². The van der Waals surface area contributed by atoms with E-state index in [0.717, 1.165) is 36.8 Å². The van der Waals surface area contributed by atoms with Crippen molar-refractivity contribution in [2.45, 2.75) is 39.5 Å². The molecule has 3 N–H and O–H groups in total. The average molecular weight is 289 g/mol. The molecule has 21 heavy (non-hydrogen) atoms. The van der Waals surface area contributed by atoms with Gasteiger partial charge in [0.1, 0.15) is 0 Å². The highest BCUT2D eigenvalue weighted by atomic mass is 16.1. The quantitative estimate of drug-likeness (QED) is 0.838. The average Bonchev–Trinajstić information content (AvgIpc) is 2.65. The molecule has 1 aromatic carbocycles. The molecule has 0 radical (unpaired) electrons. The molecule has 1 atom stereocenters. The van der Waals surface area contributed by atoms with E-state index in [-0.39, 0.29) is 5.91 Å². The Bertz CT molecular complexity index is 487. The molecule has 0 aromatic heterocycles. The summed E-state index contributed by atoms with van der Waals surface area (Å²) in [6.45, 7) is 7.38. The number of rotatable bonds is 4. The molecule has 0 aliphatic carbocycles. The predicted octanol–water partition coefficient (Wildman–Crippen LogP) is 3.03. The molecule has 1 heterocycles. The summed E-state index contributed by atoms with van der Waals surface area (Å²) >= 11 is 0. The summed E-state index contributed by atoms with van der Waals surface area (Å²) < 4.78 is 0. The number of aryl methyl sites for hydroxylation is 1. The molecule has 0 spiro atoms. The SMILES string of the molecule is Cc1ccc(N)cc1NC(=O)CCN1CCCC(C)CC1. The van der Waals surface area contributed by atoms with E-state index in [4.69, 9.17) is 5.73 Å². The molecular weight excluding hydrogens is 262 g/mol. The van der Waals surface area contributed by atoms with E-state index in [1.807, 2.05) is 25.1 Å². The molecule has 1 fully saturated rings. The maximum Gasteiger partial charge on any atom is 0.225 e. The van der Waals surface area contributed by atoms with Crippen LogP contribution in [0.2, 0.25) is 0 Å². The number of hydrogen-bond acceptors (Lipinski definition) is 3. The molecule has 4 nitrogen and oxygen atoms in total. The molecule has 1 aliphatic heterocycles. The summed E-state index contributed by atoms with van der Waals surface area (Å²) in [6.07, 6.45) is 4.35. The van der Waals surface area contributed by atoms with Crippen LogP contribution in [0, 0.1) is 12.8 Å². The highest BCUT2D eigenvalue weighted by molar-refractivity contribution is 5.92. The van der Waals surface area contributed by atoms with Gasteiger partial charge in [-0.1, -0.05) is 13.0 Å². The van der Waals surface area contributed by atoms with Crippen molar-refractivity contribution in [3.63, 3.8) is 0 Å². The van der Waals surface area contributed by atoms with Crippen LogP contribution in [0.15, 0.2) is 18.2 Å². The first kappa shape index (κ1) is 15.8. The van der Waals surface area contributed by atoms with Crippen LogP contribution in [-0.4, -0.2) is 30.4 Å². The zero-order valence-corrected chi connectivity index (χ0v) is 13.2. The van der Waals surface area contributed by atoms with Crippen LogP contribution in [-0.2, 0) is 4.79 Å². The minimum atomic E-state index is 0.0704. The Morgan fingerprint density at radius 2 is 2.19 bits per heavy atom. The van der Waals surface area contributed by atoms with Crippen molar-refractivity contribution >= 4 is 17.3 Å². The lowest BCUT2D eigenvalue weighted by molar-refractivity contribution is -0.116. The van der Waals surface area contributed by atoms with Gasteiger partial charge < -0.3 is 16.0 Å². The predicted molar refractivity (Wildman–Crippen MR) is 88.3 cm³/mol. The Balaban J connectivity index is 1.80. The zero-order chi connectivity index (χ0) is 15.2. The van der Waals surface area contributed by atoms with Gasteiger partial charge in [-0.2, -0.15) is 0 Å². The van der Waals surface area contributed by atoms with Crippen LogP contribution in [0.5, 0.6) is 0 Å². The summed E-state index contributed by atoms with van der Waals surface area (Å²) in [5.74, 6) is 0.889. The molecule has 1 amide bonds. The van der Waals surface area contributed by atoms with E-state index >= 15 is 0 Å². The van der Waals surface area contributed by atoms with Crippen LogP contribution in [0.3, 0.4) is 0 Å². The van der Waals surface area contributed by atoms with E-state index in [0.29, 0.717) is 12.1 Å². The second-order valence-corrected chi connectivity index (χ2v) is 6.25. The third-order valence-corrected chi connectivity index (χ3v) is 4.30. The molecule has 1 unspecified atom stereocenters. The summed E-state index contributed by atoms with van der Waals surface area (Å²) in [4.78, 5) is 14.5. The molecule has 2 rings (SSSR count). The minimum absolute atomic E-state index is 0.0704. The lowest BCUT2D eigenvalue weighted by atomic mass is 10.0. The fourth-order valence-corrected chi connectivity index (χ4v) is 2.79. The fourth-order valence-electron chi connectivity index (χ4n) is 2.79. The van der Waals surface area contributed by atoms with Gasteiger partial charge in [-0.05, 0) is 62.9 Å². The second-order valence-electron chi connectivity index (χ2n) is 6.25. The van der Waals surface area contributed by atoms with E-state index in [9.17, 15) is 4.79 Å². The number of likely N-dealkylation sites (tertiary alicyclic amines) is 1. The topological polar surface area (TPSA) is 58.4 Å². The number of carbonyl (C=O) groups excluding carboxylic acids is 1. The van der Waals surface area contributed by atoms with Crippen molar-refractivity contribution in [3.8, 4) is 0 Å². The normalized spacial score (nSPS) is 20.0. The van der Waals surface area contributed by atoms with Gasteiger partial charge in [0.2, 0.25) is 5.91 Å². The fraction of sp³-hybridized carbons (Fsp3) is 0.588. The number of anilines is 2. The van der Waals surface area contributed by atoms with E-state index in [1.165, 1.54) is 19.3 Å². The van der Waals surface area contributed by atoms with Gasteiger partial charge in [-0.15, -0.1) is 0 Å². The number of nitrogens with two attached hydrogens (primary N) is 1. The number of benzene rings is 1. The monoisotopic (exact) mass is 289 g/mol. The molecule has 0 saturated carbocycles. The first-order valence-electron chi connectivity index (χ1n) is 7.93. The lowest BCUT2D eigenvalue weighted by Gasteiger charge is -2.19. The number of nitrogens with zero attached hydrogens (tertiary/aromatic N) is 1. The Labute approximate surface area is 127 Å². The lowest BCUT2D eigenvalue weighted by Crippen LogP contribution is -2.29. The number of hydrogen-bond donors (Lipinski definition) is 2. The molecule has 1 aliphatic rings. The molecule has 4 heteroatoms.